The van der Waals surface area contributed by atoms with Gasteiger partial charge in [-0.2, -0.15) is 65.9 Å². The largest absolute Gasteiger partial charge is 0.508 e. The Morgan fingerprint density at radius 1 is 0.548 bits per heavy atom. The summed E-state index contributed by atoms with van der Waals surface area (Å²) in [7, 11) is 0. The fourth-order valence-electron chi connectivity index (χ4n) is 2.75. The number of benzene rings is 2. The van der Waals surface area contributed by atoms with Crippen LogP contribution in [0.2, 0.25) is 0 Å². The van der Waals surface area contributed by atoms with E-state index in [1.807, 2.05) is 0 Å². The van der Waals surface area contributed by atoms with Crippen LogP contribution in [-0.2, 0) is 4.74 Å². The zero-order valence-corrected chi connectivity index (χ0v) is 19.6. The molecule has 2 aromatic rings. The molecule has 0 atom stereocenters. The molecule has 0 saturated carbocycles. The van der Waals surface area contributed by atoms with Crippen LogP contribution >= 0.6 is 0 Å². The third kappa shape index (κ3) is 5.74. The molecule has 0 fully saturated rings. The van der Waals surface area contributed by atoms with E-state index in [2.05, 4.69) is 4.74 Å². The van der Waals surface area contributed by atoms with Crippen molar-refractivity contribution >= 4 is 11.9 Å². The number of rotatable bonds is 10. The number of ether oxygens (including phenoxy) is 2. The fourth-order valence-corrected chi connectivity index (χ4v) is 2.75. The smallest absolute Gasteiger partial charge is 0.460 e. The van der Waals surface area contributed by atoms with Crippen molar-refractivity contribution < 1.29 is 90.0 Å². The second-order valence-electron chi connectivity index (χ2n) is 8.11. The van der Waals surface area contributed by atoms with E-state index in [4.69, 9.17) is 9.84 Å². The maximum atomic E-state index is 13.8. The lowest BCUT2D eigenvalue weighted by atomic mass is 9.91. The minimum Gasteiger partial charge on any atom is -0.508 e. The van der Waals surface area contributed by atoms with E-state index in [0.717, 1.165) is 36.4 Å². The first-order valence-corrected chi connectivity index (χ1v) is 10.4. The van der Waals surface area contributed by atoms with Crippen LogP contribution in [0.1, 0.15) is 20.7 Å². The number of carbonyl (C=O) groups is 2. The molecule has 0 aliphatic heterocycles. The van der Waals surface area contributed by atoms with Crippen molar-refractivity contribution in [2.75, 3.05) is 6.61 Å². The second-order valence-corrected chi connectivity index (χ2v) is 8.11. The van der Waals surface area contributed by atoms with Crippen LogP contribution in [0.4, 0.5) is 65.9 Å². The van der Waals surface area contributed by atoms with E-state index >= 15 is 0 Å². The zero-order chi connectivity index (χ0) is 32.7. The van der Waals surface area contributed by atoms with Crippen LogP contribution in [0.15, 0.2) is 48.5 Å². The Labute approximate surface area is 222 Å². The van der Waals surface area contributed by atoms with E-state index in [-0.39, 0.29) is 17.1 Å². The molecule has 0 aromatic heterocycles. The highest BCUT2D eigenvalue weighted by molar-refractivity contribution is 5.92. The van der Waals surface area contributed by atoms with Crippen molar-refractivity contribution in [3.63, 3.8) is 0 Å². The third-order valence-electron chi connectivity index (χ3n) is 5.18. The van der Waals surface area contributed by atoms with Gasteiger partial charge in [0, 0.05) is 0 Å². The van der Waals surface area contributed by atoms with Gasteiger partial charge >= 0.3 is 53.7 Å². The van der Waals surface area contributed by atoms with Gasteiger partial charge < -0.3 is 14.6 Å². The minimum absolute atomic E-state index is 0.0956. The van der Waals surface area contributed by atoms with E-state index in [1.165, 1.54) is 0 Å². The van der Waals surface area contributed by atoms with E-state index in [1.54, 1.807) is 0 Å². The molecule has 234 valence electrons. The van der Waals surface area contributed by atoms with Gasteiger partial charge in [-0.05, 0) is 48.5 Å². The van der Waals surface area contributed by atoms with Crippen LogP contribution in [0.25, 0.3) is 0 Å². The summed E-state index contributed by atoms with van der Waals surface area (Å²) in [5, 5.41) is 9.16. The molecule has 0 aliphatic rings. The summed E-state index contributed by atoms with van der Waals surface area (Å²) in [5.41, 5.74) is -0.964. The topological polar surface area (TPSA) is 72.8 Å². The maximum Gasteiger partial charge on any atom is 0.460 e. The molecule has 0 spiro atoms. The third-order valence-corrected chi connectivity index (χ3v) is 5.18. The molecule has 0 radical (unpaired) electrons. The van der Waals surface area contributed by atoms with Crippen molar-refractivity contribution in [1.82, 2.24) is 0 Å². The molecule has 0 aliphatic carbocycles. The van der Waals surface area contributed by atoms with E-state index in [9.17, 15) is 75.4 Å². The number of aromatic hydroxyl groups is 1. The van der Waals surface area contributed by atoms with Gasteiger partial charge in [0.2, 0.25) is 0 Å². The molecular formula is C22H11F15O5. The standard InChI is InChI=1S/C22H11F15O5/c23-16(24,17(25,26)18(27,28)19(29,30)20(31,32)21(33,34)22(35,36)37)9-41-14(39)10-3-7-13(8-4-10)42-15(40)11-1-5-12(38)6-2-11/h1-8,38H,9H2. The van der Waals surface area contributed by atoms with Gasteiger partial charge in [0.1, 0.15) is 11.5 Å². The average molecular weight is 640 g/mol. The molecule has 0 bridgehead atoms. The van der Waals surface area contributed by atoms with Crippen LogP contribution in [0, 0.1) is 0 Å². The molecule has 0 amide bonds. The van der Waals surface area contributed by atoms with Crippen molar-refractivity contribution in [2.45, 2.75) is 41.7 Å². The summed E-state index contributed by atoms with van der Waals surface area (Å²) >= 11 is 0. The van der Waals surface area contributed by atoms with E-state index in [0.29, 0.717) is 12.1 Å². The highest BCUT2D eigenvalue weighted by atomic mass is 19.4. The number of alkyl halides is 15. The summed E-state index contributed by atoms with van der Waals surface area (Å²) in [4.78, 5) is 23.8. The second kappa shape index (κ2) is 10.8. The minimum atomic E-state index is -8.46. The molecule has 5 nitrogen and oxygen atoms in total. The highest BCUT2D eigenvalue weighted by Crippen LogP contribution is 2.62. The van der Waals surface area contributed by atoms with Gasteiger partial charge in [0.25, 0.3) is 0 Å². The lowest BCUT2D eigenvalue weighted by Crippen LogP contribution is -2.73. The lowest BCUT2D eigenvalue weighted by Gasteiger charge is -2.41. The van der Waals surface area contributed by atoms with Crippen LogP contribution < -0.4 is 4.74 Å². The highest BCUT2D eigenvalue weighted by Gasteiger charge is 2.93. The number of phenolic OH excluding ortho intramolecular Hbond substituents is 1. The summed E-state index contributed by atoms with van der Waals surface area (Å²) < 4.78 is 206. The van der Waals surface area contributed by atoms with Gasteiger partial charge in [-0.3, -0.25) is 0 Å². The van der Waals surface area contributed by atoms with Gasteiger partial charge in [0.05, 0.1) is 11.1 Å². The van der Waals surface area contributed by atoms with Gasteiger partial charge in [0.15, 0.2) is 6.61 Å². The predicted molar refractivity (Wildman–Crippen MR) is 106 cm³/mol. The van der Waals surface area contributed by atoms with Crippen LogP contribution in [-0.4, -0.2) is 65.4 Å². The molecule has 1 N–H and O–H groups in total. The van der Waals surface area contributed by atoms with E-state index < -0.39 is 65.8 Å². The Morgan fingerprint density at radius 3 is 1.38 bits per heavy atom. The average Bonchev–Trinajstić information content (AvgIpc) is 2.86. The molecule has 2 rings (SSSR count). The number of halogens is 15. The van der Waals surface area contributed by atoms with Crippen molar-refractivity contribution in [2.24, 2.45) is 0 Å². The SMILES string of the molecule is O=C(OCC(F)(F)C(F)(F)C(F)(F)C(F)(F)C(F)(F)C(F)(F)C(F)(F)F)c1ccc(OC(=O)c2ccc(O)cc2)cc1. The Morgan fingerprint density at radius 2 is 0.929 bits per heavy atom. The number of hydrogen-bond donors (Lipinski definition) is 1. The van der Waals surface area contributed by atoms with Gasteiger partial charge in [-0.1, -0.05) is 0 Å². The number of phenols is 1. The summed E-state index contributed by atoms with van der Waals surface area (Å²) in [6.07, 6.45) is -7.72. The summed E-state index contributed by atoms with van der Waals surface area (Å²) in [6.45, 7) is -3.29. The molecule has 0 unspecified atom stereocenters. The Kier molecular flexibility index (Phi) is 8.79. The Hall–Kier alpha value is -3.87. The number of esters is 2. The molecule has 2 aromatic carbocycles. The molecular weight excluding hydrogens is 629 g/mol. The Balaban J connectivity index is 2.20. The number of hydrogen-bond acceptors (Lipinski definition) is 5. The van der Waals surface area contributed by atoms with Crippen LogP contribution in [0.5, 0.6) is 11.5 Å². The number of carbonyl (C=O) groups excluding carboxylic acids is 2. The van der Waals surface area contributed by atoms with Crippen molar-refractivity contribution in [3.05, 3.63) is 59.7 Å². The molecule has 0 heterocycles. The zero-order valence-electron chi connectivity index (χ0n) is 19.6. The van der Waals surface area contributed by atoms with Crippen LogP contribution in [0.3, 0.4) is 0 Å². The first-order chi connectivity index (χ1) is 18.7. The molecule has 0 saturated heterocycles. The summed E-state index contributed by atoms with van der Waals surface area (Å²) in [5.74, 6) is -51.5. The normalized spacial score (nSPS) is 14.0. The molecule has 42 heavy (non-hydrogen) atoms. The van der Waals surface area contributed by atoms with Crippen molar-refractivity contribution in [3.8, 4) is 11.5 Å². The summed E-state index contributed by atoms with van der Waals surface area (Å²) in [6, 6.07) is 7.24. The Bertz CT molecular complexity index is 1290. The maximum absolute atomic E-state index is 13.8. The molecule has 20 heteroatoms. The lowest BCUT2D eigenvalue weighted by molar-refractivity contribution is -0.453. The quantitative estimate of drug-likeness (QED) is 0.170. The predicted octanol–water partition coefficient (Wildman–Crippen LogP) is 7.14. The monoisotopic (exact) mass is 640 g/mol. The van der Waals surface area contributed by atoms with Crippen molar-refractivity contribution in [1.29, 1.82) is 0 Å². The first kappa shape index (κ1) is 34.3. The fraction of sp³-hybridized carbons (Fsp3) is 0.364. The van der Waals surface area contributed by atoms with Gasteiger partial charge in [-0.15, -0.1) is 0 Å². The first-order valence-electron chi connectivity index (χ1n) is 10.4. The van der Waals surface area contributed by atoms with Gasteiger partial charge in [-0.25, -0.2) is 9.59 Å².